The number of aromatic hydroxyl groups is 6. The highest BCUT2D eigenvalue weighted by molar-refractivity contribution is 5.70. The lowest BCUT2D eigenvalue weighted by atomic mass is 9.77. The van der Waals surface area contributed by atoms with Gasteiger partial charge < -0.3 is 49.6 Å². The molecule has 0 aliphatic carbocycles. The molecule has 6 N–H and O–H groups in total. The van der Waals surface area contributed by atoms with Gasteiger partial charge in [-0.25, -0.2) is 0 Å². The van der Waals surface area contributed by atoms with E-state index in [-0.39, 0.29) is 101 Å². The Morgan fingerprint density at radius 3 is 0.986 bits per heavy atom. The van der Waals surface area contributed by atoms with Crippen LogP contribution in [0.3, 0.4) is 0 Å². The molecule has 0 heterocycles. The van der Waals surface area contributed by atoms with E-state index in [1.165, 1.54) is 0 Å². The Morgan fingerprint density at radius 2 is 0.729 bits per heavy atom. The minimum Gasteiger partial charge on any atom is -0.508 e. The first-order valence-corrected chi connectivity index (χ1v) is 24.9. The van der Waals surface area contributed by atoms with E-state index in [0.717, 1.165) is 30.3 Å². The van der Waals surface area contributed by atoms with Gasteiger partial charge in [-0.05, 0) is 114 Å². The number of phenols is 6. The molecule has 0 atom stereocenters. The molecule has 394 valence electrons. The van der Waals surface area contributed by atoms with Gasteiger partial charge in [-0.3, -0.25) is 9.59 Å². The van der Waals surface area contributed by atoms with Crippen molar-refractivity contribution in [2.75, 3.05) is 26.9 Å². The maximum Gasteiger partial charge on any atom is 0.305 e. The Kier molecular flexibility index (Phi) is 21.3. The topological polar surface area (TPSA) is 200 Å². The summed E-state index contributed by atoms with van der Waals surface area (Å²) in [5.41, 5.74) is 1.23. The second-order valence-electron chi connectivity index (χ2n) is 24.4. The van der Waals surface area contributed by atoms with Crippen molar-refractivity contribution in [3.8, 4) is 34.5 Å². The van der Waals surface area contributed by atoms with Crippen LogP contribution in [-0.2, 0) is 61.1 Å². The Hall–Kier alpha value is -4.97. The first-order valence-electron chi connectivity index (χ1n) is 24.9. The van der Waals surface area contributed by atoms with Crippen LogP contribution in [0.2, 0.25) is 0 Å². The fourth-order valence-corrected chi connectivity index (χ4v) is 8.89. The molecule has 70 heavy (non-hydrogen) atoms. The third-order valence-corrected chi connectivity index (χ3v) is 13.7. The molecule has 0 amide bonds. The monoisotopic (exact) mass is 979 g/mol. The highest BCUT2D eigenvalue weighted by Gasteiger charge is 2.34. The SMILES string of the molecule is CC(C)(C)c1cc(O)c(C(C)(C)CCCC=O)cc1O.CCC(COC)(COC(=O)CCCC(C)(C)c1cc(O)c(C(C)(C)C)cc1O)COC(=O)CCCC(C)(C)c1cc(O)c(C(C)(C)C)cc1O. The summed E-state index contributed by atoms with van der Waals surface area (Å²) >= 11 is 0. The van der Waals surface area contributed by atoms with E-state index < -0.39 is 16.2 Å². The molecule has 0 aliphatic heterocycles. The zero-order valence-corrected chi connectivity index (χ0v) is 45.9. The molecule has 0 bridgehead atoms. The lowest BCUT2D eigenvalue weighted by Crippen LogP contribution is -2.38. The molecular formula is C58H90O12. The number of aldehydes is 1. The number of hydrogen-bond acceptors (Lipinski definition) is 12. The molecule has 0 saturated carbocycles. The number of methoxy groups -OCH3 is 1. The van der Waals surface area contributed by atoms with Gasteiger partial charge in [0.05, 0.1) is 12.0 Å². The van der Waals surface area contributed by atoms with Crippen molar-refractivity contribution >= 4 is 18.2 Å². The van der Waals surface area contributed by atoms with Gasteiger partial charge in [-0.1, -0.05) is 111 Å². The predicted molar refractivity (Wildman–Crippen MR) is 279 cm³/mol. The lowest BCUT2D eigenvalue weighted by Gasteiger charge is -2.31. The Labute approximate surface area is 420 Å². The highest BCUT2D eigenvalue weighted by Crippen LogP contribution is 2.45. The van der Waals surface area contributed by atoms with Crippen molar-refractivity contribution < 1.29 is 59.2 Å². The van der Waals surface area contributed by atoms with Crippen molar-refractivity contribution in [2.24, 2.45) is 5.41 Å². The van der Waals surface area contributed by atoms with Gasteiger partial charge in [0.25, 0.3) is 0 Å². The Morgan fingerprint density at radius 1 is 0.457 bits per heavy atom. The number of carbonyl (C=O) groups excluding carboxylic acids is 3. The summed E-state index contributed by atoms with van der Waals surface area (Å²) in [7, 11) is 1.56. The molecule has 3 aromatic carbocycles. The van der Waals surface area contributed by atoms with Gasteiger partial charge in [-0.2, -0.15) is 0 Å². The van der Waals surface area contributed by atoms with Crippen LogP contribution in [-0.4, -0.2) is 75.8 Å². The van der Waals surface area contributed by atoms with Crippen LogP contribution >= 0.6 is 0 Å². The van der Waals surface area contributed by atoms with Crippen molar-refractivity contribution in [3.05, 3.63) is 69.8 Å². The van der Waals surface area contributed by atoms with Gasteiger partial charge in [0.2, 0.25) is 0 Å². The van der Waals surface area contributed by atoms with Crippen molar-refractivity contribution in [1.29, 1.82) is 0 Å². The number of rotatable bonds is 22. The summed E-state index contributed by atoms with van der Waals surface area (Å²) < 4.78 is 16.8. The second-order valence-corrected chi connectivity index (χ2v) is 24.4. The molecule has 12 heteroatoms. The van der Waals surface area contributed by atoms with Gasteiger partial charge in [0.1, 0.15) is 54.0 Å². The van der Waals surface area contributed by atoms with Crippen molar-refractivity contribution in [1.82, 2.24) is 0 Å². The maximum atomic E-state index is 12.8. The van der Waals surface area contributed by atoms with Crippen LogP contribution in [0.15, 0.2) is 36.4 Å². The second kappa shape index (κ2) is 24.4. The lowest BCUT2D eigenvalue weighted by molar-refractivity contribution is -0.157. The molecule has 0 unspecified atom stereocenters. The van der Waals surface area contributed by atoms with E-state index in [1.807, 2.05) is 111 Å². The van der Waals surface area contributed by atoms with E-state index in [0.29, 0.717) is 60.8 Å². The molecular weight excluding hydrogens is 889 g/mol. The van der Waals surface area contributed by atoms with Crippen molar-refractivity contribution in [2.45, 2.75) is 207 Å². The number of carbonyl (C=O) groups is 3. The van der Waals surface area contributed by atoms with E-state index in [2.05, 4.69) is 0 Å². The summed E-state index contributed by atoms with van der Waals surface area (Å²) in [5, 5.41) is 63.3. The van der Waals surface area contributed by atoms with Gasteiger partial charge in [0.15, 0.2) is 0 Å². The first-order chi connectivity index (χ1) is 32.0. The molecule has 0 aromatic heterocycles. The number of benzene rings is 3. The van der Waals surface area contributed by atoms with Gasteiger partial charge in [0, 0.05) is 59.8 Å². The minimum absolute atomic E-state index is 0.0378. The molecule has 0 fully saturated rings. The Balaban J connectivity index is 0.000000698. The van der Waals surface area contributed by atoms with E-state index in [9.17, 15) is 45.0 Å². The van der Waals surface area contributed by atoms with Gasteiger partial charge >= 0.3 is 11.9 Å². The minimum atomic E-state index is -0.700. The number of esters is 2. The van der Waals surface area contributed by atoms with Crippen molar-refractivity contribution in [3.63, 3.8) is 0 Å². The predicted octanol–water partition coefficient (Wildman–Crippen LogP) is 12.9. The molecule has 0 spiro atoms. The standard InChI is InChI=1S/C41H64O9.C17H26O3/c1-13-41(24-48-12,25-49-35(46)16-14-18-39(8,9)29-22-31(42)27(20-33(29)44)37(2,3)4)26-50-36(47)17-15-19-40(10,11)30-23-32(43)28(21-34(30)45)38(5,6)7;1-16(2,3)12-10-15(20)13(11-14(12)19)17(4,5)8-6-7-9-18/h20-23,42-45H,13-19,24-26H2,1-12H3;9-11,19-20H,6-8H2,1-5H3. The number of unbranched alkanes of at least 4 members (excludes halogenated alkanes) is 1. The fourth-order valence-electron chi connectivity index (χ4n) is 8.89. The van der Waals surface area contributed by atoms with Crippen LogP contribution in [0.4, 0.5) is 0 Å². The number of phenolic OH excluding ortho intramolecular Hbond substituents is 6. The average Bonchev–Trinajstić information content (AvgIpc) is 3.22. The third kappa shape index (κ3) is 17.4. The highest BCUT2D eigenvalue weighted by atomic mass is 16.6. The van der Waals surface area contributed by atoms with Crippen LogP contribution < -0.4 is 0 Å². The largest absolute Gasteiger partial charge is 0.508 e. The quantitative estimate of drug-likeness (QED) is 0.0241. The molecule has 0 radical (unpaired) electrons. The zero-order chi connectivity index (χ0) is 53.8. The summed E-state index contributed by atoms with van der Waals surface area (Å²) in [6, 6.07) is 9.82. The summed E-state index contributed by atoms with van der Waals surface area (Å²) in [6.07, 6.45) is 6.09. The first kappa shape index (κ1) is 61.2. The summed E-state index contributed by atoms with van der Waals surface area (Å²) in [6.45, 7) is 32.0. The zero-order valence-electron chi connectivity index (χ0n) is 45.9. The normalized spacial score (nSPS) is 12.8. The third-order valence-electron chi connectivity index (χ3n) is 13.7. The molecule has 3 rings (SSSR count). The summed E-state index contributed by atoms with van der Waals surface area (Å²) in [4.78, 5) is 36.0. The summed E-state index contributed by atoms with van der Waals surface area (Å²) in [5.74, 6) is 0.205. The van der Waals surface area contributed by atoms with Crippen LogP contribution in [0.25, 0.3) is 0 Å². The van der Waals surface area contributed by atoms with E-state index >= 15 is 0 Å². The molecule has 3 aromatic rings. The maximum absolute atomic E-state index is 12.8. The smallest absolute Gasteiger partial charge is 0.305 e. The van der Waals surface area contributed by atoms with Gasteiger partial charge in [-0.15, -0.1) is 0 Å². The molecule has 12 nitrogen and oxygen atoms in total. The van der Waals surface area contributed by atoms with E-state index in [4.69, 9.17) is 14.2 Å². The van der Waals surface area contributed by atoms with Crippen LogP contribution in [0, 0.1) is 5.41 Å². The van der Waals surface area contributed by atoms with E-state index in [1.54, 1.807) is 43.5 Å². The molecule has 0 saturated heterocycles. The average molecular weight is 979 g/mol. The number of hydrogen-bond donors (Lipinski definition) is 6. The Bertz CT molecular complexity index is 2110. The molecule has 0 aliphatic rings. The fraction of sp³-hybridized carbons (Fsp3) is 0.638. The number of ether oxygens (including phenoxy) is 3. The van der Waals surface area contributed by atoms with Crippen LogP contribution in [0.1, 0.15) is 208 Å². The van der Waals surface area contributed by atoms with Crippen LogP contribution in [0.5, 0.6) is 34.5 Å².